The molecule has 2 amide bonds. The first kappa shape index (κ1) is 14.7. The van der Waals surface area contributed by atoms with Crippen LogP contribution >= 0.6 is 0 Å². The number of benzene rings is 1. The molecule has 1 unspecified atom stereocenters. The van der Waals surface area contributed by atoms with Gasteiger partial charge in [0.05, 0.1) is 23.8 Å². The van der Waals surface area contributed by atoms with Crippen LogP contribution in [0, 0.1) is 13.8 Å². The molecule has 1 aliphatic heterocycles. The highest BCUT2D eigenvalue weighted by molar-refractivity contribution is 6.22. The SMILES string of the molecule is COCC(CCO)N1C(=O)c2c(C)ccc(C)c2C1=O. The van der Waals surface area contributed by atoms with Crippen molar-refractivity contribution < 1.29 is 19.4 Å². The van der Waals surface area contributed by atoms with Gasteiger partial charge in [0.25, 0.3) is 11.8 Å². The molecule has 1 aliphatic rings. The number of rotatable bonds is 5. The molecule has 0 aliphatic carbocycles. The summed E-state index contributed by atoms with van der Waals surface area (Å²) in [4.78, 5) is 26.3. The third-order valence-corrected chi connectivity index (χ3v) is 3.67. The molecule has 0 saturated carbocycles. The van der Waals surface area contributed by atoms with Crippen LogP contribution in [0.4, 0.5) is 0 Å². The molecule has 0 saturated heterocycles. The second-order valence-corrected chi connectivity index (χ2v) is 5.05. The summed E-state index contributed by atoms with van der Waals surface area (Å²) in [7, 11) is 1.51. The Bertz CT molecular complexity index is 506. The van der Waals surface area contributed by atoms with Crippen LogP contribution in [0.15, 0.2) is 12.1 Å². The van der Waals surface area contributed by atoms with Crippen molar-refractivity contribution in [3.05, 3.63) is 34.4 Å². The van der Waals surface area contributed by atoms with Crippen molar-refractivity contribution in [3.8, 4) is 0 Å². The van der Waals surface area contributed by atoms with E-state index in [0.717, 1.165) is 11.1 Å². The van der Waals surface area contributed by atoms with Gasteiger partial charge in [-0.3, -0.25) is 14.5 Å². The smallest absolute Gasteiger partial charge is 0.262 e. The van der Waals surface area contributed by atoms with Crippen molar-refractivity contribution >= 4 is 11.8 Å². The molecule has 5 heteroatoms. The van der Waals surface area contributed by atoms with E-state index in [4.69, 9.17) is 9.84 Å². The first-order valence-corrected chi connectivity index (χ1v) is 6.60. The summed E-state index contributed by atoms with van der Waals surface area (Å²) in [5, 5.41) is 9.12. The van der Waals surface area contributed by atoms with E-state index in [1.54, 1.807) is 0 Å². The minimum absolute atomic E-state index is 0.0978. The molecular weight excluding hydrogens is 258 g/mol. The molecule has 1 aromatic carbocycles. The van der Waals surface area contributed by atoms with Gasteiger partial charge in [-0.15, -0.1) is 0 Å². The molecule has 0 radical (unpaired) electrons. The highest BCUT2D eigenvalue weighted by Crippen LogP contribution is 2.30. The molecule has 1 aromatic rings. The van der Waals surface area contributed by atoms with Crippen molar-refractivity contribution in [2.45, 2.75) is 26.3 Å². The Balaban J connectivity index is 2.46. The summed E-state index contributed by atoms with van der Waals surface area (Å²) >= 11 is 0. The topological polar surface area (TPSA) is 66.8 Å². The number of ether oxygens (including phenoxy) is 1. The molecule has 0 bridgehead atoms. The van der Waals surface area contributed by atoms with Gasteiger partial charge in [-0.2, -0.15) is 0 Å². The minimum Gasteiger partial charge on any atom is -0.396 e. The molecule has 20 heavy (non-hydrogen) atoms. The van der Waals surface area contributed by atoms with Gasteiger partial charge < -0.3 is 9.84 Å². The van der Waals surface area contributed by atoms with Crippen LogP contribution in [0.25, 0.3) is 0 Å². The number of methoxy groups -OCH3 is 1. The molecule has 1 atom stereocenters. The number of aliphatic hydroxyl groups excluding tert-OH is 1. The highest BCUT2D eigenvalue weighted by Gasteiger charge is 2.41. The first-order chi connectivity index (χ1) is 9.52. The quantitative estimate of drug-likeness (QED) is 0.824. The van der Waals surface area contributed by atoms with Gasteiger partial charge in [-0.25, -0.2) is 0 Å². The second-order valence-electron chi connectivity index (χ2n) is 5.05. The average Bonchev–Trinajstić information content (AvgIpc) is 2.67. The second kappa shape index (κ2) is 5.73. The molecule has 0 aromatic heterocycles. The maximum Gasteiger partial charge on any atom is 0.262 e. The van der Waals surface area contributed by atoms with E-state index in [1.807, 2.05) is 26.0 Å². The van der Waals surface area contributed by atoms with Crippen LogP contribution in [0.5, 0.6) is 0 Å². The lowest BCUT2D eigenvalue weighted by Gasteiger charge is -2.25. The third-order valence-electron chi connectivity index (χ3n) is 3.67. The van der Waals surface area contributed by atoms with Gasteiger partial charge >= 0.3 is 0 Å². The Morgan fingerprint density at radius 1 is 1.15 bits per heavy atom. The number of amides is 2. The Morgan fingerprint density at radius 3 is 2.05 bits per heavy atom. The molecule has 5 nitrogen and oxygen atoms in total. The zero-order chi connectivity index (χ0) is 14.9. The summed E-state index contributed by atoms with van der Waals surface area (Å²) in [5.41, 5.74) is 2.56. The number of carbonyl (C=O) groups excluding carboxylic acids is 2. The molecule has 0 fully saturated rings. The fourth-order valence-corrected chi connectivity index (χ4v) is 2.66. The van der Waals surface area contributed by atoms with E-state index in [-0.39, 0.29) is 25.0 Å². The lowest BCUT2D eigenvalue weighted by Crippen LogP contribution is -2.43. The highest BCUT2D eigenvalue weighted by atomic mass is 16.5. The number of fused-ring (bicyclic) bond motifs is 1. The Morgan fingerprint density at radius 2 is 1.65 bits per heavy atom. The monoisotopic (exact) mass is 277 g/mol. The van der Waals surface area contributed by atoms with Crippen molar-refractivity contribution in [1.29, 1.82) is 0 Å². The molecule has 1 N–H and O–H groups in total. The molecule has 2 rings (SSSR count). The number of carbonyl (C=O) groups is 2. The van der Waals surface area contributed by atoms with Gasteiger partial charge in [0.15, 0.2) is 0 Å². The predicted molar refractivity (Wildman–Crippen MR) is 73.8 cm³/mol. The van der Waals surface area contributed by atoms with E-state index in [9.17, 15) is 9.59 Å². The Kier molecular flexibility index (Phi) is 4.20. The fourth-order valence-electron chi connectivity index (χ4n) is 2.66. The summed E-state index contributed by atoms with van der Waals surface area (Å²) < 4.78 is 5.07. The number of imide groups is 1. The molecule has 1 heterocycles. The standard InChI is InChI=1S/C15H19NO4/c1-9-4-5-10(2)13-12(9)14(18)16(15(13)19)11(6-7-17)8-20-3/h4-5,11,17H,6-8H2,1-3H3. The molecule has 108 valence electrons. The van der Waals surface area contributed by atoms with E-state index >= 15 is 0 Å². The van der Waals surface area contributed by atoms with Crippen LogP contribution in [0.3, 0.4) is 0 Å². The van der Waals surface area contributed by atoms with Crippen LogP contribution < -0.4 is 0 Å². The lowest BCUT2D eigenvalue weighted by molar-refractivity contribution is 0.0431. The van der Waals surface area contributed by atoms with Crippen LogP contribution in [-0.4, -0.2) is 48.2 Å². The van der Waals surface area contributed by atoms with Crippen molar-refractivity contribution in [1.82, 2.24) is 4.90 Å². The number of nitrogens with zero attached hydrogens (tertiary/aromatic N) is 1. The summed E-state index contributed by atoms with van der Waals surface area (Å²) in [6, 6.07) is 3.26. The normalized spacial score (nSPS) is 15.7. The van der Waals surface area contributed by atoms with Crippen molar-refractivity contribution in [2.75, 3.05) is 20.3 Å². The van der Waals surface area contributed by atoms with Gasteiger partial charge in [-0.1, -0.05) is 12.1 Å². The maximum absolute atomic E-state index is 12.5. The van der Waals surface area contributed by atoms with Crippen molar-refractivity contribution in [3.63, 3.8) is 0 Å². The predicted octanol–water partition coefficient (Wildman–Crippen LogP) is 1.30. The summed E-state index contributed by atoms with van der Waals surface area (Å²) in [6.45, 7) is 3.78. The Labute approximate surface area is 118 Å². The van der Waals surface area contributed by atoms with Gasteiger partial charge in [0.1, 0.15) is 0 Å². The first-order valence-electron chi connectivity index (χ1n) is 6.60. The Hall–Kier alpha value is -1.72. The van der Waals surface area contributed by atoms with Gasteiger partial charge in [0, 0.05) is 13.7 Å². The van der Waals surface area contributed by atoms with Crippen LogP contribution in [0.2, 0.25) is 0 Å². The fraction of sp³-hybridized carbons (Fsp3) is 0.467. The van der Waals surface area contributed by atoms with Crippen LogP contribution in [0.1, 0.15) is 38.3 Å². The molecular formula is C15H19NO4. The van der Waals surface area contributed by atoms with Crippen LogP contribution in [-0.2, 0) is 4.74 Å². The van der Waals surface area contributed by atoms with E-state index < -0.39 is 6.04 Å². The summed E-state index contributed by atoms with van der Waals surface area (Å²) in [5.74, 6) is -0.580. The van der Waals surface area contributed by atoms with E-state index in [0.29, 0.717) is 17.5 Å². The van der Waals surface area contributed by atoms with E-state index in [2.05, 4.69) is 0 Å². The summed E-state index contributed by atoms with van der Waals surface area (Å²) in [6.07, 6.45) is 0.317. The maximum atomic E-state index is 12.5. The van der Waals surface area contributed by atoms with Gasteiger partial charge in [0.2, 0.25) is 0 Å². The number of aryl methyl sites for hydroxylation is 2. The zero-order valence-corrected chi connectivity index (χ0v) is 12.0. The number of aliphatic hydroxyl groups is 1. The largest absolute Gasteiger partial charge is 0.396 e. The number of hydrogen-bond acceptors (Lipinski definition) is 4. The zero-order valence-electron chi connectivity index (χ0n) is 12.0. The van der Waals surface area contributed by atoms with Crippen molar-refractivity contribution in [2.24, 2.45) is 0 Å². The number of hydrogen-bond donors (Lipinski definition) is 1. The van der Waals surface area contributed by atoms with Gasteiger partial charge in [-0.05, 0) is 31.4 Å². The van der Waals surface area contributed by atoms with E-state index in [1.165, 1.54) is 12.0 Å². The molecule has 0 spiro atoms. The minimum atomic E-state index is -0.434. The third kappa shape index (κ3) is 2.23. The lowest BCUT2D eigenvalue weighted by atomic mass is 9.99. The average molecular weight is 277 g/mol.